The topological polar surface area (TPSA) is 12.0 Å². The minimum atomic E-state index is -2.65. The molecule has 3 heteroatoms. The van der Waals surface area contributed by atoms with E-state index in [0.717, 1.165) is 24.0 Å². The fourth-order valence-electron chi connectivity index (χ4n) is 2.40. The van der Waals surface area contributed by atoms with Crippen molar-refractivity contribution in [3.8, 4) is 0 Å². The maximum atomic E-state index is 14.1. The summed E-state index contributed by atoms with van der Waals surface area (Å²) in [5.74, 6) is -2.65. The van der Waals surface area contributed by atoms with E-state index in [1.54, 1.807) is 6.07 Å². The highest BCUT2D eigenvalue weighted by atomic mass is 19.3. The van der Waals surface area contributed by atoms with Crippen LogP contribution >= 0.6 is 0 Å². The zero-order valence-corrected chi connectivity index (χ0v) is 10.2. The van der Waals surface area contributed by atoms with Crippen LogP contribution in [-0.2, 0) is 6.42 Å². The van der Waals surface area contributed by atoms with Crippen LogP contribution in [0.15, 0.2) is 24.3 Å². The lowest BCUT2D eigenvalue weighted by molar-refractivity contribution is -0.0442. The van der Waals surface area contributed by atoms with Crippen molar-refractivity contribution in [1.29, 1.82) is 0 Å². The van der Waals surface area contributed by atoms with Crippen LogP contribution in [0.2, 0.25) is 0 Å². The van der Waals surface area contributed by atoms with Gasteiger partial charge in [0.2, 0.25) is 0 Å². The first-order valence-corrected chi connectivity index (χ1v) is 6.25. The van der Waals surface area contributed by atoms with E-state index in [1.165, 1.54) is 0 Å². The maximum Gasteiger partial charge on any atom is 0.267 e. The number of alkyl halides is 2. The van der Waals surface area contributed by atoms with Crippen molar-refractivity contribution in [3.05, 3.63) is 35.4 Å². The molecule has 1 aromatic rings. The molecule has 0 aliphatic carbocycles. The highest BCUT2D eigenvalue weighted by Gasteiger charge is 2.40. The SMILES string of the molecule is Cc1ccccc1CC(F)(F)C1CCCCN1. The number of benzene rings is 1. The van der Waals surface area contributed by atoms with E-state index in [-0.39, 0.29) is 6.42 Å². The molecule has 2 rings (SSSR count). The third kappa shape index (κ3) is 3.03. The molecule has 0 saturated carbocycles. The summed E-state index contributed by atoms with van der Waals surface area (Å²) >= 11 is 0. The van der Waals surface area contributed by atoms with Gasteiger partial charge in [-0.15, -0.1) is 0 Å². The second-order valence-corrected chi connectivity index (χ2v) is 4.87. The molecule has 1 aliphatic heterocycles. The van der Waals surface area contributed by atoms with Crippen molar-refractivity contribution in [3.63, 3.8) is 0 Å². The Bertz CT molecular complexity index is 370. The van der Waals surface area contributed by atoms with Gasteiger partial charge in [-0.1, -0.05) is 30.7 Å². The first kappa shape index (κ1) is 12.5. The van der Waals surface area contributed by atoms with Crippen molar-refractivity contribution in [2.45, 2.75) is 44.6 Å². The third-order valence-corrected chi connectivity index (χ3v) is 3.51. The highest BCUT2D eigenvalue weighted by Crippen LogP contribution is 2.29. The van der Waals surface area contributed by atoms with Crippen molar-refractivity contribution < 1.29 is 8.78 Å². The lowest BCUT2D eigenvalue weighted by Gasteiger charge is -2.31. The van der Waals surface area contributed by atoms with Crippen LogP contribution in [-0.4, -0.2) is 18.5 Å². The minimum absolute atomic E-state index is 0.155. The fourth-order valence-corrected chi connectivity index (χ4v) is 2.40. The van der Waals surface area contributed by atoms with Crippen LogP contribution in [0.4, 0.5) is 8.78 Å². The Balaban J connectivity index is 2.08. The van der Waals surface area contributed by atoms with E-state index in [0.29, 0.717) is 13.0 Å². The average Bonchev–Trinajstić information content (AvgIpc) is 2.33. The van der Waals surface area contributed by atoms with Gasteiger partial charge in [-0.2, -0.15) is 0 Å². The molecule has 1 atom stereocenters. The molecule has 0 radical (unpaired) electrons. The molecule has 17 heavy (non-hydrogen) atoms. The third-order valence-electron chi connectivity index (χ3n) is 3.51. The number of halogens is 2. The molecule has 0 aromatic heterocycles. The van der Waals surface area contributed by atoms with Gasteiger partial charge in [0.15, 0.2) is 0 Å². The molecule has 0 spiro atoms. The summed E-state index contributed by atoms with van der Waals surface area (Å²) in [6.45, 7) is 2.60. The number of rotatable bonds is 3. The Morgan fingerprint density at radius 2 is 2.06 bits per heavy atom. The fraction of sp³-hybridized carbons (Fsp3) is 0.571. The van der Waals surface area contributed by atoms with Gasteiger partial charge in [0.25, 0.3) is 5.92 Å². The van der Waals surface area contributed by atoms with E-state index in [1.807, 2.05) is 25.1 Å². The van der Waals surface area contributed by atoms with Crippen molar-refractivity contribution in [2.24, 2.45) is 0 Å². The lowest BCUT2D eigenvalue weighted by atomic mass is 9.93. The Morgan fingerprint density at radius 3 is 2.71 bits per heavy atom. The molecule has 0 bridgehead atoms. The van der Waals surface area contributed by atoms with Crippen molar-refractivity contribution >= 4 is 0 Å². The second-order valence-electron chi connectivity index (χ2n) is 4.87. The molecular weight excluding hydrogens is 220 g/mol. The van der Waals surface area contributed by atoms with Gasteiger partial charge in [-0.25, -0.2) is 8.78 Å². The Morgan fingerprint density at radius 1 is 1.29 bits per heavy atom. The molecule has 1 fully saturated rings. The Kier molecular flexibility index (Phi) is 3.77. The monoisotopic (exact) mass is 239 g/mol. The summed E-state index contributed by atoms with van der Waals surface area (Å²) in [4.78, 5) is 0. The molecule has 1 unspecified atom stereocenters. The minimum Gasteiger partial charge on any atom is -0.309 e. The average molecular weight is 239 g/mol. The summed E-state index contributed by atoms with van der Waals surface area (Å²) in [6.07, 6.45) is 2.34. The summed E-state index contributed by atoms with van der Waals surface area (Å²) in [6, 6.07) is 6.74. The maximum absolute atomic E-state index is 14.1. The number of hydrogen-bond acceptors (Lipinski definition) is 1. The number of nitrogens with one attached hydrogen (secondary N) is 1. The zero-order valence-electron chi connectivity index (χ0n) is 10.2. The molecule has 1 saturated heterocycles. The van der Waals surface area contributed by atoms with E-state index < -0.39 is 12.0 Å². The lowest BCUT2D eigenvalue weighted by Crippen LogP contribution is -2.48. The van der Waals surface area contributed by atoms with Crippen molar-refractivity contribution in [2.75, 3.05) is 6.54 Å². The first-order valence-electron chi connectivity index (χ1n) is 6.25. The molecule has 1 heterocycles. The van der Waals surface area contributed by atoms with Crippen LogP contribution in [0.3, 0.4) is 0 Å². The largest absolute Gasteiger partial charge is 0.309 e. The molecule has 1 aliphatic rings. The van der Waals surface area contributed by atoms with Crippen LogP contribution < -0.4 is 5.32 Å². The number of aryl methyl sites for hydroxylation is 1. The summed E-state index contributed by atoms with van der Waals surface area (Å²) in [5.41, 5.74) is 1.70. The normalized spacial score (nSPS) is 21.5. The number of piperidine rings is 1. The molecule has 1 aromatic carbocycles. The molecular formula is C14H19F2N. The van der Waals surface area contributed by atoms with Gasteiger partial charge in [0, 0.05) is 6.42 Å². The van der Waals surface area contributed by atoms with Gasteiger partial charge in [0.05, 0.1) is 6.04 Å². The molecule has 94 valence electrons. The van der Waals surface area contributed by atoms with E-state index in [9.17, 15) is 8.78 Å². The second kappa shape index (κ2) is 5.13. The molecule has 1 N–H and O–H groups in total. The van der Waals surface area contributed by atoms with Crippen LogP contribution in [0, 0.1) is 6.92 Å². The van der Waals surface area contributed by atoms with Gasteiger partial charge in [-0.05, 0) is 37.4 Å². The Labute approximate surface area is 101 Å². The first-order chi connectivity index (χ1) is 8.09. The smallest absolute Gasteiger partial charge is 0.267 e. The predicted molar refractivity (Wildman–Crippen MR) is 65.5 cm³/mol. The van der Waals surface area contributed by atoms with Crippen LogP contribution in [0.1, 0.15) is 30.4 Å². The molecule has 0 amide bonds. The van der Waals surface area contributed by atoms with E-state index in [4.69, 9.17) is 0 Å². The van der Waals surface area contributed by atoms with Gasteiger partial charge >= 0.3 is 0 Å². The standard InChI is InChI=1S/C14H19F2N/c1-11-6-2-3-7-12(11)10-14(15,16)13-8-4-5-9-17-13/h2-3,6-7,13,17H,4-5,8-10H2,1H3. The van der Waals surface area contributed by atoms with Gasteiger partial charge in [-0.3, -0.25) is 0 Å². The van der Waals surface area contributed by atoms with Crippen molar-refractivity contribution in [1.82, 2.24) is 5.32 Å². The van der Waals surface area contributed by atoms with E-state index in [2.05, 4.69) is 5.32 Å². The Hall–Kier alpha value is -0.960. The summed E-state index contributed by atoms with van der Waals surface area (Å²) in [7, 11) is 0. The summed E-state index contributed by atoms with van der Waals surface area (Å²) < 4.78 is 28.2. The predicted octanol–water partition coefficient (Wildman–Crippen LogP) is 3.31. The van der Waals surface area contributed by atoms with Crippen LogP contribution in [0.25, 0.3) is 0 Å². The number of hydrogen-bond donors (Lipinski definition) is 1. The van der Waals surface area contributed by atoms with Gasteiger partial charge in [0.1, 0.15) is 0 Å². The zero-order chi connectivity index (χ0) is 12.3. The van der Waals surface area contributed by atoms with E-state index >= 15 is 0 Å². The summed E-state index contributed by atoms with van der Waals surface area (Å²) in [5, 5.41) is 2.95. The van der Waals surface area contributed by atoms with Crippen LogP contribution in [0.5, 0.6) is 0 Å². The van der Waals surface area contributed by atoms with Gasteiger partial charge < -0.3 is 5.32 Å². The molecule has 1 nitrogen and oxygen atoms in total. The quantitative estimate of drug-likeness (QED) is 0.853. The highest BCUT2D eigenvalue weighted by molar-refractivity contribution is 5.27.